The van der Waals surface area contributed by atoms with Crippen molar-refractivity contribution >= 4 is 0 Å². The molecule has 0 radical (unpaired) electrons. The Hall–Kier alpha value is 0. The molecule has 0 aliphatic heterocycles. The number of hydrogen-bond acceptors (Lipinski definition) is 0. The van der Waals surface area contributed by atoms with E-state index in [-0.39, 0.29) is 0 Å². The van der Waals surface area contributed by atoms with E-state index in [2.05, 4.69) is 13.8 Å². The topological polar surface area (TPSA) is 0 Å². The lowest BCUT2D eigenvalue weighted by Crippen LogP contribution is -2.29. The summed E-state index contributed by atoms with van der Waals surface area (Å²) in [6.45, 7) is 4.88. The average molecular weight is 166 g/mol. The fraction of sp³-hybridized carbons (Fsp3) is 1.00. The van der Waals surface area contributed by atoms with Crippen LogP contribution in [0.1, 0.15) is 52.4 Å². The Morgan fingerprint density at radius 2 is 1.08 bits per heavy atom. The standard InChI is InChI=1S/C12H22/c1-9-3-5-12-8-10(2)4-6-11(12)7-9/h9-12H,3-8H2,1-2H3/t9-,10+,11-,12-/m1/s1. The summed E-state index contributed by atoms with van der Waals surface area (Å²) in [5.74, 6) is 4.29. The highest BCUT2D eigenvalue weighted by Gasteiger charge is 2.32. The fourth-order valence-electron chi connectivity index (χ4n) is 3.36. The first kappa shape index (κ1) is 8.59. The van der Waals surface area contributed by atoms with Gasteiger partial charge in [0.05, 0.1) is 0 Å². The summed E-state index contributed by atoms with van der Waals surface area (Å²) in [6, 6.07) is 0. The normalized spacial score (nSPS) is 48.5. The van der Waals surface area contributed by atoms with Crippen LogP contribution >= 0.6 is 0 Å². The Bertz CT molecular complexity index is 132. The zero-order valence-corrected chi connectivity index (χ0v) is 8.55. The zero-order valence-electron chi connectivity index (χ0n) is 8.55. The molecule has 70 valence electrons. The van der Waals surface area contributed by atoms with Crippen molar-refractivity contribution in [3.05, 3.63) is 0 Å². The highest BCUT2D eigenvalue weighted by atomic mass is 14.4. The minimum absolute atomic E-state index is 1.03. The average Bonchev–Trinajstić information content (AvgIpc) is 2.05. The minimum atomic E-state index is 1.03. The van der Waals surface area contributed by atoms with Gasteiger partial charge in [-0.2, -0.15) is 0 Å². The third-order valence-corrected chi connectivity index (χ3v) is 4.14. The maximum absolute atomic E-state index is 2.44. The first-order chi connectivity index (χ1) is 5.75. The zero-order chi connectivity index (χ0) is 8.55. The molecule has 2 aliphatic carbocycles. The van der Waals surface area contributed by atoms with Gasteiger partial charge in [0.25, 0.3) is 0 Å². The molecule has 0 bridgehead atoms. The van der Waals surface area contributed by atoms with Crippen molar-refractivity contribution < 1.29 is 0 Å². The molecule has 2 rings (SSSR count). The lowest BCUT2D eigenvalue weighted by Gasteiger charge is -2.40. The quantitative estimate of drug-likeness (QED) is 0.512. The van der Waals surface area contributed by atoms with Crippen LogP contribution in [0, 0.1) is 23.7 Å². The first-order valence-corrected chi connectivity index (χ1v) is 5.75. The van der Waals surface area contributed by atoms with Crippen molar-refractivity contribution in [1.82, 2.24) is 0 Å². The lowest BCUT2D eigenvalue weighted by molar-refractivity contribution is 0.109. The summed E-state index contributed by atoms with van der Waals surface area (Å²) in [4.78, 5) is 0. The maximum Gasteiger partial charge on any atom is -0.0383 e. The van der Waals surface area contributed by atoms with Crippen LogP contribution in [0.2, 0.25) is 0 Å². The van der Waals surface area contributed by atoms with E-state index in [9.17, 15) is 0 Å². The molecule has 0 spiro atoms. The highest BCUT2D eigenvalue weighted by Crippen LogP contribution is 2.44. The van der Waals surface area contributed by atoms with Gasteiger partial charge in [-0.3, -0.25) is 0 Å². The van der Waals surface area contributed by atoms with E-state index in [1.165, 1.54) is 38.5 Å². The molecule has 0 aromatic heterocycles. The predicted molar refractivity (Wildman–Crippen MR) is 53.0 cm³/mol. The largest absolute Gasteiger partial charge is 0.0625 e. The number of rotatable bonds is 0. The summed E-state index contributed by atoms with van der Waals surface area (Å²) in [5, 5.41) is 0. The monoisotopic (exact) mass is 166 g/mol. The number of hydrogen-bond donors (Lipinski definition) is 0. The van der Waals surface area contributed by atoms with Crippen LogP contribution in [-0.2, 0) is 0 Å². The molecule has 0 aromatic rings. The third-order valence-electron chi connectivity index (χ3n) is 4.14. The number of fused-ring (bicyclic) bond motifs is 1. The predicted octanol–water partition coefficient (Wildman–Crippen LogP) is 3.86. The molecule has 4 atom stereocenters. The summed E-state index contributed by atoms with van der Waals surface area (Å²) in [5.41, 5.74) is 0. The molecule has 12 heavy (non-hydrogen) atoms. The van der Waals surface area contributed by atoms with Gasteiger partial charge in [-0.15, -0.1) is 0 Å². The van der Waals surface area contributed by atoms with Crippen molar-refractivity contribution in [2.75, 3.05) is 0 Å². The summed E-state index contributed by atoms with van der Waals surface area (Å²) in [7, 11) is 0. The Morgan fingerprint density at radius 1 is 0.667 bits per heavy atom. The summed E-state index contributed by atoms with van der Waals surface area (Å²) in [6.07, 6.45) is 9.17. The van der Waals surface area contributed by atoms with E-state index in [0.717, 1.165) is 23.7 Å². The summed E-state index contributed by atoms with van der Waals surface area (Å²) < 4.78 is 0. The molecular weight excluding hydrogens is 144 g/mol. The van der Waals surface area contributed by atoms with Gasteiger partial charge < -0.3 is 0 Å². The van der Waals surface area contributed by atoms with E-state index >= 15 is 0 Å². The Labute approximate surface area is 76.7 Å². The fourth-order valence-corrected chi connectivity index (χ4v) is 3.36. The molecule has 0 heterocycles. The second kappa shape index (κ2) is 3.40. The Kier molecular flexibility index (Phi) is 2.43. The molecule has 0 heteroatoms. The maximum atomic E-state index is 2.44. The van der Waals surface area contributed by atoms with E-state index in [0.29, 0.717) is 0 Å². The second-order valence-electron chi connectivity index (χ2n) is 5.36. The van der Waals surface area contributed by atoms with Gasteiger partial charge in [0.15, 0.2) is 0 Å². The first-order valence-electron chi connectivity index (χ1n) is 5.75. The van der Waals surface area contributed by atoms with Crippen LogP contribution in [0.5, 0.6) is 0 Å². The van der Waals surface area contributed by atoms with E-state index in [1.54, 1.807) is 0 Å². The lowest BCUT2D eigenvalue weighted by atomic mass is 9.65. The molecule has 0 amide bonds. The SMILES string of the molecule is C[C@@H]1CC[C@@H]2C[C@@H](C)CC[C@@H]2C1. The third kappa shape index (κ3) is 1.67. The van der Waals surface area contributed by atoms with E-state index in [1.807, 2.05) is 0 Å². The van der Waals surface area contributed by atoms with E-state index < -0.39 is 0 Å². The highest BCUT2D eigenvalue weighted by molar-refractivity contribution is 4.83. The van der Waals surface area contributed by atoms with Gasteiger partial charge in [-0.05, 0) is 49.4 Å². The smallest absolute Gasteiger partial charge is 0.0383 e. The van der Waals surface area contributed by atoms with Crippen LogP contribution in [0.15, 0.2) is 0 Å². The second-order valence-corrected chi connectivity index (χ2v) is 5.36. The summed E-state index contributed by atoms with van der Waals surface area (Å²) >= 11 is 0. The van der Waals surface area contributed by atoms with Crippen molar-refractivity contribution in [3.8, 4) is 0 Å². The molecule has 0 unspecified atom stereocenters. The molecule has 0 aromatic carbocycles. The van der Waals surface area contributed by atoms with Crippen LogP contribution in [-0.4, -0.2) is 0 Å². The van der Waals surface area contributed by atoms with Crippen LogP contribution in [0.25, 0.3) is 0 Å². The molecule has 0 nitrogen and oxygen atoms in total. The van der Waals surface area contributed by atoms with Crippen molar-refractivity contribution in [3.63, 3.8) is 0 Å². The van der Waals surface area contributed by atoms with Crippen LogP contribution < -0.4 is 0 Å². The molecule has 0 saturated heterocycles. The van der Waals surface area contributed by atoms with Gasteiger partial charge in [0.2, 0.25) is 0 Å². The van der Waals surface area contributed by atoms with Crippen molar-refractivity contribution in [2.24, 2.45) is 23.7 Å². The van der Waals surface area contributed by atoms with Gasteiger partial charge in [0, 0.05) is 0 Å². The van der Waals surface area contributed by atoms with Crippen LogP contribution in [0.3, 0.4) is 0 Å². The Balaban J connectivity index is 1.94. The van der Waals surface area contributed by atoms with Gasteiger partial charge in [-0.25, -0.2) is 0 Å². The molecule has 2 saturated carbocycles. The molecule has 2 fully saturated rings. The molecule has 2 aliphatic rings. The molecular formula is C12H22. The van der Waals surface area contributed by atoms with Gasteiger partial charge in [0.1, 0.15) is 0 Å². The van der Waals surface area contributed by atoms with E-state index in [4.69, 9.17) is 0 Å². The van der Waals surface area contributed by atoms with Crippen LogP contribution in [0.4, 0.5) is 0 Å². The van der Waals surface area contributed by atoms with Gasteiger partial charge >= 0.3 is 0 Å². The van der Waals surface area contributed by atoms with Gasteiger partial charge in [-0.1, -0.05) is 26.7 Å². The molecule has 0 N–H and O–H groups in total. The Morgan fingerprint density at radius 3 is 1.50 bits per heavy atom. The minimum Gasteiger partial charge on any atom is -0.0625 e. The van der Waals surface area contributed by atoms with Crippen molar-refractivity contribution in [2.45, 2.75) is 52.4 Å². The van der Waals surface area contributed by atoms with Crippen molar-refractivity contribution in [1.29, 1.82) is 0 Å².